The molecule has 2 aromatic rings. The number of halogens is 3. The number of alkyl halides is 3. The highest BCUT2D eigenvalue weighted by Gasteiger charge is 2.38. The molecule has 9 heteroatoms. The van der Waals surface area contributed by atoms with E-state index in [-0.39, 0.29) is 17.3 Å². The van der Waals surface area contributed by atoms with Crippen LogP contribution in [0.1, 0.15) is 50.6 Å². The quantitative estimate of drug-likeness (QED) is 0.604. The number of nitrogens with one attached hydrogen (secondary N) is 1. The number of aromatic nitrogens is 2. The molecule has 0 saturated carbocycles. The Morgan fingerprint density at radius 2 is 1.88 bits per heavy atom. The van der Waals surface area contributed by atoms with Crippen molar-refractivity contribution in [1.82, 2.24) is 9.78 Å². The summed E-state index contributed by atoms with van der Waals surface area (Å²) in [6.45, 7) is 9.60. The van der Waals surface area contributed by atoms with Crippen molar-refractivity contribution in [2.45, 2.75) is 52.4 Å². The highest BCUT2D eigenvalue weighted by atomic mass is 19.4. The standard InChI is InChI=1S/C17H21F3N4O2/c1-10(13-9-23(16(3,4)5)22-11(13)2)21-12-6-7-15(24(25)26)14(8-12)17(18,19)20/h6-10,21H,1-5H3. The minimum absolute atomic E-state index is 0.151. The number of nitrogens with zero attached hydrogens (tertiary/aromatic N) is 3. The molecule has 0 bridgehead atoms. The lowest BCUT2D eigenvalue weighted by molar-refractivity contribution is -0.388. The molecule has 1 N–H and O–H groups in total. The largest absolute Gasteiger partial charge is 0.423 e. The molecule has 142 valence electrons. The van der Waals surface area contributed by atoms with Crippen LogP contribution in [-0.2, 0) is 11.7 Å². The normalized spacial score (nSPS) is 13.5. The summed E-state index contributed by atoms with van der Waals surface area (Å²) in [5, 5.41) is 18.3. The van der Waals surface area contributed by atoms with Crippen molar-refractivity contribution in [3.05, 3.63) is 51.3 Å². The van der Waals surface area contributed by atoms with Crippen LogP contribution in [0, 0.1) is 17.0 Å². The van der Waals surface area contributed by atoms with Crippen LogP contribution in [-0.4, -0.2) is 14.7 Å². The van der Waals surface area contributed by atoms with Gasteiger partial charge in [-0.3, -0.25) is 14.8 Å². The van der Waals surface area contributed by atoms with Crippen LogP contribution in [0.2, 0.25) is 0 Å². The van der Waals surface area contributed by atoms with Gasteiger partial charge in [0.15, 0.2) is 0 Å². The van der Waals surface area contributed by atoms with E-state index in [0.717, 1.165) is 23.4 Å². The molecule has 0 radical (unpaired) electrons. The third-order valence-corrected chi connectivity index (χ3v) is 3.97. The number of aryl methyl sites for hydroxylation is 1. The maximum atomic E-state index is 13.1. The zero-order chi connectivity index (χ0) is 19.9. The van der Waals surface area contributed by atoms with E-state index in [1.165, 1.54) is 6.07 Å². The van der Waals surface area contributed by atoms with Gasteiger partial charge >= 0.3 is 6.18 Å². The Morgan fingerprint density at radius 3 is 2.35 bits per heavy atom. The molecule has 0 fully saturated rings. The van der Waals surface area contributed by atoms with Gasteiger partial charge in [0.2, 0.25) is 0 Å². The second-order valence-electron chi connectivity index (χ2n) is 7.14. The molecule has 1 atom stereocenters. The Bertz CT molecular complexity index is 822. The SMILES string of the molecule is Cc1nn(C(C)(C)C)cc1C(C)Nc1ccc([N+](=O)[O-])c(C(F)(F)F)c1. The first kappa shape index (κ1) is 19.7. The maximum absolute atomic E-state index is 13.1. The van der Waals surface area contributed by atoms with E-state index in [1.54, 1.807) is 11.6 Å². The smallest absolute Gasteiger partial charge is 0.378 e. The lowest BCUT2D eigenvalue weighted by Gasteiger charge is -2.19. The fourth-order valence-corrected chi connectivity index (χ4v) is 2.58. The van der Waals surface area contributed by atoms with E-state index in [0.29, 0.717) is 0 Å². The summed E-state index contributed by atoms with van der Waals surface area (Å²) in [4.78, 5) is 9.80. The van der Waals surface area contributed by atoms with Crippen molar-refractivity contribution in [2.24, 2.45) is 0 Å². The van der Waals surface area contributed by atoms with E-state index in [4.69, 9.17) is 0 Å². The van der Waals surface area contributed by atoms with Crippen molar-refractivity contribution in [1.29, 1.82) is 0 Å². The van der Waals surface area contributed by atoms with Crippen LogP contribution in [0.15, 0.2) is 24.4 Å². The minimum atomic E-state index is -4.81. The molecule has 6 nitrogen and oxygen atoms in total. The Morgan fingerprint density at radius 1 is 1.27 bits per heavy atom. The molecule has 0 amide bonds. The van der Waals surface area contributed by atoms with Crippen LogP contribution in [0.4, 0.5) is 24.5 Å². The summed E-state index contributed by atoms with van der Waals surface area (Å²) in [5.74, 6) is 0. The number of anilines is 1. The summed E-state index contributed by atoms with van der Waals surface area (Å²) in [6.07, 6.45) is -2.96. The van der Waals surface area contributed by atoms with Gasteiger partial charge in [-0.15, -0.1) is 0 Å². The summed E-state index contributed by atoms with van der Waals surface area (Å²) in [7, 11) is 0. The van der Waals surface area contributed by atoms with Crippen LogP contribution in [0.3, 0.4) is 0 Å². The van der Waals surface area contributed by atoms with Gasteiger partial charge in [0.1, 0.15) is 5.56 Å². The van der Waals surface area contributed by atoms with Gasteiger partial charge in [-0.05, 0) is 46.8 Å². The van der Waals surface area contributed by atoms with Gasteiger partial charge < -0.3 is 5.32 Å². The summed E-state index contributed by atoms with van der Waals surface area (Å²) >= 11 is 0. The monoisotopic (exact) mass is 370 g/mol. The molecule has 1 aromatic heterocycles. The average molecular weight is 370 g/mol. The molecule has 1 unspecified atom stereocenters. The van der Waals surface area contributed by atoms with E-state index in [9.17, 15) is 23.3 Å². The molecule has 0 aliphatic rings. The molecule has 0 aliphatic carbocycles. The van der Waals surface area contributed by atoms with Crippen LogP contribution in [0.25, 0.3) is 0 Å². The van der Waals surface area contributed by atoms with Crippen molar-refractivity contribution in [2.75, 3.05) is 5.32 Å². The summed E-state index contributed by atoms with van der Waals surface area (Å²) < 4.78 is 41.1. The second-order valence-corrected chi connectivity index (χ2v) is 7.14. The molecule has 0 aliphatic heterocycles. The zero-order valence-electron chi connectivity index (χ0n) is 15.2. The fraction of sp³-hybridized carbons (Fsp3) is 0.471. The molecule has 2 rings (SSSR count). The first-order chi connectivity index (χ1) is 11.8. The number of nitro benzene ring substituents is 1. The van der Waals surface area contributed by atoms with Crippen molar-refractivity contribution < 1.29 is 18.1 Å². The van der Waals surface area contributed by atoms with Gasteiger partial charge in [0.25, 0.3) is 5.69 Å². The van der Waals surface area contributed by atoms with Crippen LogP contribution < -0.4 is 5.32 Å². The maximum Gasteiger partial charge on any atom is 0.423 e. The molecule has 0 spiro atoms. The fourth-order valence-electron chi connectivity index (χ4n) is 2.58. The third-order valence-electron chi connectivity index (χ3n) is 3.97. The Balaban J connectivity index is 2.34. The predicted octanol–water partition coefficient (Wildman–Crippen LogP) is 5.05. The highest BCUT2D eigenvalue weighted by molar-refractivity contribution is 5.56. The molecular formula is C17H21F3N4O2. The highest BCUT2D eigenvalue weighted by Crippen LogP contribution is 2.38. The Labute approximate surface area is 149 Å². The van der Waals surface area contributed by atoms with E-state index < -0.39 is 22.4 Å². The van der Waals surface area contributed by atoms with Crippen molar-refractivity contribution in [3.63, 3.8) is 0 Å². The first-order valence-electron chi connectivity index (χ1n) is 7.99. The van der Waals surface area contributed by atoms with E-state index in [1.807, 2.05) is 33.9 Å². The number of hydrogen-bond donors (Lipinski definition) is 1. The lowest BCUT2D eigenvalue weighted by atomic mass is 10.1. The van der Waals surface area contributed by atoms with Crippen molar-refractivity contribution in [3.8, 4) is 0 Å². The second kappa shape index (κ2) is 6.62. The molecular weight excluding hydrogens is 349 g/mol. The van der Waals surface area contributed by atoms with Gasteiger partial charge in [0.05, 0.1) is 22.2 Å². The van der Waals surface area contributed by atoms with E-state index in [2.05, 4.69) is 10.4 Å². The summed E-state index contributed by atoms with van der Waals surface area (Å²) in [5.41, 5.74) is -0.711. The third kappa shape index (κ3) is 4.14. The molecule has 0 saturated heterocycles. The van der Waals surface area contributed by atoms with Gasteiger partial charge in [-0.2, -0.15) is 18.3 Å². The lowest BCUT2D eigenvalue weighted by Crippen LogP contribution is -2.22. The van der Waals surface area contributed by atoms with Gasteiger partial charge in [-0.1, -0.05) is 0 Å². The molecule has 1 aromatic carbocycles. The molecule has 1 heterocycles. The zero-order valence-corrected chi connectivity index (χ0v) is 15.2. The van der Waals surface area contributed by atoms with Crippen LogP contribution >= 0.6 is 0 Å². The molecule has 26 heavy (non-hydrogen) atoms. The van der Waals surface area contributed by atoms with E-state index >= 15 is 0 Å². The predicted molar refractivity (Wildman–Crippen MR) is 92.1 cm³/mol. The van der Waals surface area contributed by atoms with Gasteiger partial charge in [0, 0.05) is 23.5 Å². The van der Waals surface area contributed by atoms with Crippen molar-refractivity contribution >= 4 is 11.4 Å². The number of rotatable bonds is 4. The van der Waals surface area contributed by atoms with Gasteiger partial charge in [-0.25, -0.2) is 0 Å². The average Bonchev–Trinajstić information content (AvgIpc) is 2.88. The number of nitro groups is 1. The topological polar surface area (TPSA) is 73.0 Å². The number of benzene rings is 1. The Kier molecular flexibility index (Phi) is 5.03. The first-order valence-corrected chi connectivity index (χ1v) is 7.99. The number of hydrogen-bond acceptors (Lipinski definition) is 4. The minimum Gasteiger partial charge on any atom is -0.378 e. The Hall–Kier alpha value is -2.58. The van der Waals surface area contributed by atoms with Crippen LogP contribution in [0.5, 0.6) is 0 Å². The summed E-state index contributed by atoms with van der Waals surface area (Å²) in [6, 6.07) is 2.57.